The van der Waals surface area contributed by atoms with Crippen molar-refractivity contribution in [2.75, 3.05) is 0 Å². The summed E-state index contributed by atoms with van der Waals surface area (Å²) in [6.45, 7) is 2.77. The lowest BCUT2D eigenvalue weighted by molar-refractivity contribution is -0.117. The molecule has 1 heterocycles. The lowest BCUT2D eigenvalue weighted by Crippen LogP contribution is -2.15. The first-order valence-electron chi connectivity index (χ1n) is 12.9. The highest BCUT2D eigenvalue weighted by molar-refractivity contribution is 6.07. The van der Waals surface area contributed by atoms with E-state index in [0.717, 1.165) is 53.9 Å². The molecule has 0 fully saturated rings. The van der Waals surface area contributed by atoms with Crippen molar-refractivity contribution < 1.29 is 24.2 Å². The molecule has 38 heavy (non-hydrogen) atoms. The maximum Gasteiger partial charge on any atom is 0.511 e. The van der Waals surface area contributed by atoms with Crippen LogP contribution < -0.4 is 4.74 Å². The molecular formula is C30H31N3O5. The second-order valence-electron chi connectivity index (χ2n) is 9.18. The minimum Gasteiger partial charge on any atom is -0.449 e. The summed E-state index contributed by atoms with van der Waals surface area (Å²) < 4.78 is 7.16. The lowest BCUT2D eigenvalue weighted by atomic mass is 10.0. The number of nitrogens with zero attached hydrogens (tertiary/aromatic N) is 3. The van der Waals surface area contributed by atoms with Gasteiger partial charge in [-0.05, 0) is 42.2 Å². The monoisotopic (exact) mass is 513 g/mol. The fraction of sp³-hybridized carbons (Fsp3) is 0.300. The van der Waals surface area contributed by atoms with E-state index in [0.29, 0.717) is 37.1 Å². The third-order valence-corrected chi connectivity index (χ3v) is 6.39. The molecule has 3 aromatic rings. The number of amides is 1. The summed E-state index contributed by atoms with van der Waals surface area (Å²) in [6, 6.07) is 15.0. The van der Waals surface area contributed by atoms with Crippen LogP contribution in [-0.4, -0.2) is 38.7 Å². The second kappa shape index (κ2) is 12.8. The Hall–Kier alpha value is -4.33. The number of rotatable bonds is 11. The Labute approximate surface area is 221 Å². The van der Waals surface area contributed by atoms with Gasteiger partial charge >= 0.3 is 6.16 Å². The first-order chi connectivity index (χ1) is 18.5. The molecule has 0 saturated heterocycles. The van der Waals surface area contributed by atoms with E-state index in [1.54, 1.807) is 12.1 Å². The van der Waals surface area contributed by atoms with Crippen molar-refractivity contribution in [3.63, 3.8) is 0 Å². The number of aromatic nitrogens is 2. The number of hydrogen-bond donors (Lipinski definition) is 1. The van der Waals surface area contributed by atoms with Gasteiger partial charge in [0.1, 0.15) is 17.9 Å². The highest BCUT2D eigenvalue weighted by atomic mass is 16.7. The minimum absolute atomic E-state index is 0.213. The molecule has 1 N–H and O–H groups in total. The minimum atomic E-state index is -1.35. The van der Waals surface area contributed by atoms with Gasteiger partial charge < -0.3 is 19.2 Å². The number of para-hydroxylation sites is 1. The fourth-order valence-electron chi connectivity index (χ4n) is 4.49. The Kier molecular flexibility index (Phi) is 8.98. The van der Waals surface area contributed by atoms with Crippen molar-refractivity contribution in [3.8, 4) is 16.9 Å². The second-order valence-corrected chi connectivity index (χ2v) is 9.18. The number of unbranched alkanes of at least 4 members (excludes halogenated alkanes) is 2. The van der Waals surface area contributed by atoms with Crippen LogP contribution >= 0.6 is 0 Å². The zero-order chi connectivity index (χ0) is 26.9. The lowest BCUT2D eigenvalue weighted by Gasteiger charge is -2.15. The van der Waals surface area contributed by atoms with Gasteiger partial charge in [0.15, 0.2) is 0 Å². The molecular weight excluding hydrogens is 482 g/mol. The first-order valence-corrected chi connectivity index (χ1v) is 12.9. The van der Waals surface area contributed by atoms with Gasteiger partial charge in [0, 0.05) is 37.8 Å². The molecule has 0 radical (unpaired) electrons. The van der Waals surface area contributed by atoms with Gasteiger partial charge in [0.05, 0.1) is 17.1 Å². The van der Waals surface area contributed by atoms with Crippen LogP contribution in [0.3, 0.4) is 0 Å². The largest absolute Gasteiger partial charge is 0.511 e. The summed E-state index contributed by atoms with van der Waals surface area (Å²) >= 11 is 0. The van der Waals surface area contributed by atoms with Crippen molar-refractivity contribution >= 4 is 30.1 Å². The molecule has 196 valence electrons. The number of carboxylic acid groups (broad SMARTS) is 1. The smallest absolute Gasteiger partial charge is 0.449 e. The maximum absolute atomic E-state index is 12.3. The van der Waals surface area contributed by atoms with Crippen molar-refractivity contribution in [3.05, 3.63) is 77.4 Å². The number of carbonyl (C=O) groups is 3. The molecule has 0 aliphatic heterocycles. The highest BCUT2D eigenvalue weighted by Crippen LogP contribution is 2.30. The van der Waals surface area contributed by atoms with E-state index in [1.807, 2.05) is 48.6 Å². The molecule has 8 nitrogen and oxygen atoms in total. The van der Waals surface area contributed by atoms with Crippen LogP contribution in [0.15, 0.2) is 59.6 Å². The summed E-state index contributed by atoms with van der Waals surface area (Å²) in [4.78, 5) is 43.0. The number of fused-ring (bicyclic) bond motifs is 1. The van der Waals surface area contributed by atoms with Crippen LogP contribution in [0.4, 0.5) is 4.79 Å². The topological polar surface area (TPSA) is 111 Å². The van der Waals surface area contributed by atoms with Crippen molar-refractivity contribution in [2.45, 2.75) is 58.4 Å². The van der Waals surface area contributed by atoms with E-state index in [2.05, 4.69) is 16.5 Å². The van der Waals surface area contributed by atoms with Gasteiger partial charge in [-0.3, -0.25) is 4.79 Å². The molecule has 1 aliphatic carbocycles. The molecule has 1 aromatic heterocycles. The van der Waals surface area contributed by atoms with Crippen molar-refractivity contribution in [1.29, 1.82) is 0 Å². The van der Waals surface area contributed by atoms with Gasteiger partial charge in [0.2, 0.25) is 5.91 Å². The average molecular weight is 514 g/mol. The van der Waals surface area contributed by atoms with Crippen LogP contribution in [0, 0.1) is 0 Å². The SMILES string of the molecule is CCCCc1nc2c(n1Cc1ccc(-c3ccccc3OC(=O)O)cc1)CC(=NC(=O)CCCC=O)C=C2. The summed E-state index contributed by atoms with van der Waals surface area (Å²) in [5, 5.41) is 9.05. The van der Waals surface area contributed by atoms with Crippen LogP contribution in [0.5, 0.6) is 5.75 Å². The summed E-state index contributed by atoms with van der Waals surface area (Å²) in [5.41, 5.74) is 5.26. The number of benzene rings is 2. The van der Waals surface area contributed by atoms with E-state index in [9.17, 15) is 14.4 Å². The third-order valence-electron chi connectivity index (χ3n) is 6.39. The Balaban J connectivity index is 1.58. The molecule has 8 heteroatoms. The third kappa shape index (κ3) is 6.70. The molecule has 0 bridgehead atoms. The van der Waals surface area contributed by atoms with Gasteiger partial charge in [-0.1, -0.05) is 55.8 Å². The Morgan fingerprint density at radius 2 is 1.89 bits per heavy atom. The van der Waals surface area contributed by atoms with E-state index >= 15 is 0 Å². The molecule has 0 atom stereocenters. The van der Waals surface area contributed by atoms with Gasteiger partial charge in [-0.2, -0.15) is 0 Å². The number of aldehydes is 1. The number of aliphatic imine (C=N–C) groups is 1. The average Bonchev–Trinajstić information content (AvgIpc) is 3.24. The van der Waals surface area contributed by atoms with Crippen molar-refractivity contribution in [2.24, 2.45) is 4.99 Å². The maximum atomic E-state index is 12.3. The summed E-state index contributed by atoms with van der Waals surface area (Å²) in [5.74, 6) is 1.08. The van der Waals surface area contributed by atoms with Crippen LogP contribution in [0.25, 0.3) is 17.2 Å². The standard InChI is InChI=1S/C30H31N3O5/c1-2-3-10-28-32-25-17-16-23(31-29(35)11-6-7-18-34)19-26(25)33(28)20-21-12-14-22(15-13-21)24-8-4-5-9-27(24)38-30(36)37/h4-5,8-9,12-18H,2-3,6-7,10-11,19-20H2,1H3,(H,36,37). The van der Waals surface area contributed by atoms with Crippen molar-refractivity contribution in [1.82, 2.24) is 9.55 Å². The first kappa shape index (κ1) is 26.7. The van der Waals surface area contributed by atoms with E-state index in [4.69, 9.17) is 14.8 Å². The van der Waals surface area contributed by atoms with Gasteiger partial charge in [-0.25, -0.2) is 14.8 Å². The van der Waals surface area contributed by atoms with Gasteiger partial charge in [0.25, 0.3) is 0 Å². The summed E-state index contributed by atoms with van der Waals surface area (Å²) in [7, 11) is 0. The zero-order valence-electron chi connectivity index (χ0n) is 21.4. The van der Waals surface area contributed by atoms with Crippen LogP contribution in [0.2, 0.25) is 0 Å². The molecule has 0 spiro atoms. The van der Waals surface area contributed by atoms with Crippen LogP contribution in [-0.2, 0) is 29.0 Å². The number of aryl methyl sites for hydroxylation is 1. The number of ether oxygens (including phenoxy) is 1. The van der Waals surface area contributed by atoms with E-state index in [-0.39, 0.29) is 18.1 Å². The predicted octanol–water partition coefficient (Wildman–Crippen LogP) is 5.90. The summed E-state index contributed by atoms with van der Waals surface area (Å²) in [6.07, 6.45) is 7.83. The quantitative estimate of drug-likeness (QED) is 0.148. The van der Waals surface area contributed by atoms with E-state index in [1.165, 1.54) is 0 Å². The number of carbonyl (C=O) groups excluding carboxylic acids is 2. The molecule has 0 unspecified atom stereocenters. The molecule has 1 amide bonds. The number of allylic oxidation sites excluding steroid dienone is 1. The number of imidazole rings is 1. The molecule has 0 saturated carbocycles. The highest BCUT2D eigenvalue weighted by Gasteiger charge is 2.21. The predicted molar refractivity (Wildman–Crippen MR) is 146 cm³/mol. The van der Waals surface area contributed by atoms with E-state index < -0.39 is 6.16 Å². The molecule has 4 rings (SSSR count). The molecule has 1 aliphatic rings. The van der Waals surface area contributed by atoms with Gasteiger partial charge in [-0.15, -0.1) is 0 Å². The number of hydrogen-bond acceptors (Lipinski definition) is 5. The molecule has 2 aromatic carbocycles. The Morgan fingerprint density at radius 1 is 1.11 bits per heavy atom. The van der Waals surface area contributed by atoms with Crippen LogP contribution in [0.1, 0.15) is 61.8 Å². The fourth-order valence-corrected chi connectivity index (χ4v) is 4.49. The zero-order valence-corrected chi connectivity index (χ0v) is 21.4. The Morgan fingerprint density at radius 3 is 2.63 bits per heavy atom. The normalized spacial score (nSPS) is 13.3. The Bertz CT molecular complexity index is 1370.